The van der Waals surface area contributed by atoms with Crippen LogP contribution in [0.1, 0.15) is 0 Å². The van der Waals surface area contributed by atoms with Crippen LogP contribution in [0.5, 0.6) is 0 Å². The average Bonchev–Trinajstić information content (AvgIpc) is 2.37. The largest absolute Gasteiger partial charge is 0.480 e. The van der Waals surface area contributed by atoms with Crippen molar-refractivity contribution in [2.75, 3.05) is 30.9 Å². The van der Waals surface area contributed by atoms with E-state index in [0.717, 1.165) is 16.5 Å². The van der Waals surface area contributed by atoms with Crippen LogP contribution in [-0.2, 0) is 4.79 Å². The lowest BCUT2D eigenvalue weighted by molar-refractivity contribution is -0.135. The lowest BCUT2D eigenvalue weighted by Gasteiger charge is -2.19. The number of carboxylic acids is 1. The van der Waals surface area contributed by atoms with E-state index in [0.29, 0.717) is 10.8 Å². The molecule has 100 valence electrons. The number of pyridine rings is 1. The highest BCUT2D eigenvalue weighted by molar-refractivity contribution is 6.37. The second kappa shape index (κ2) is 5.32. The number of carboxylic acid groups (broad SMARTS) is 1. The van der Waals surface area contributed by atoms with Crippen molar-refractivity contribution in [1.29, 1.82) is 0 Å². The van der Waals surface area contributed by atoms with Gasteiger partial charge in [0.25, 0.3) is 0 Å². The quantitative estimate of drug-likeness (QED) is 0.900. The Morgan fingerprint density at radius 3 is 2.89 bits per heavy atom. The Hall–Kier alpha value is -2.01. The van der Waals surface area contributed by atoms with Crippen LogP contribution < -0.4 is 10.2 Å². The number of carbonyl (C=O) groups is 1. The van der Waals surface area contributed by atoms with E-state index in [1.54, 1.807) is 31.3 Å². The van der Waals surface area contributed by atoms with E-state index in [4.69, 9.17) is 16.7 Å². The summed E-state index contributed by atoms with van der Waals surface area (Å²) in [6.45, 7) is -0.133. The van der Waals surface area contributed by atoms with Crippen LogP contribution in [0, 0.1) is 0 Å². The topological polar surface area (TPSA) is 65.5 Å². The van der Waals surface area contributed by atoms with Gasteiger partial charge in [-0.3, -0.25) is 4.79 Å². The van der Waals surface area contributed by atoms with Crippen LogP contribution in [0.15, 0.2) is 24.4 Å². The molecule has 1 aromatic carbocycles. The molecule has 0 amide bonds. The third-order valence-electron chi connectivity index (χ3n) is 2.85. The Labute approximate surface area is 115 Å². The molecular weight excluding hydrogens is 266 g/mol. The van der Waals surface area contributed by atoms with Crippen LogP contribution in [0.4, 0.5) is 11.5 Å². The number of aliphatic carboxylic acids is 1. The molecule has 0 aliphatic heterocycles. The van der Waals surface area contributed by atoms with Crippen molar-refractivity contribution >= 4 is 39.8 Å². The highest BCUT2D eigenvalue weighted by Crippen LogP contribution is 2.34. The fourth-order valence-corrected chi connectivity index (χ4v) is 2.26. The van der Waals surface area contributed by atoms with Gasteiger partial charge in [-0.05, 0) is 6.07 Å². The molecule has 0 saturated carbocycles. The number of hydrogen-bond donors (Lipinski definition) is 2. The molecule has 2 aromatic rings. The number of benzene rings is 1. The molecule has 0 spiro atoms. The molecule has 2 N–H and O–H groups in total. The average molecular weight is 280 g/mol. The summed E-state index contributed by atoms with van der Waals surface area (Å²) in [6.07, 6.45) is 1.67. The lowest BCUT2D eigenvalue weighted by Crippen LogP contribution is -2.26. The Morgan fingerprint density at radius 1 is 1.53 bits per heavy atom. The molecule has 19 heavy (non-hydrogen) atoms. The van der Waals surface area contributed by atoms with Gasteiger partial charge in [0.05, 0.1) is 16.9 Å². The smallest absolute Gasteiger partial charge is 0.323 e. The maximum Gasteiger partial charge on any atom is 0.323 e. The van der Waals surface area contributed by atoms with Crippen LogP contribution in [-0.4, -0.2) is 36.7 Å². The zero-order valence-electron chi connectivity index (χ0n) is 10.6. The third-order valence-corrected chi connectivity index (χ3v) is 3.16. The number of hydrogen-bond acceptors (Lipinski definition) is 4. The Balaban J connectivity index is 2.65. The first-order valence-corrected chi connectivity index (χ1v) is 6.10. The molecule has 1 aromatic heterocycles. The minimum atomic E-state index is -0.915. The molecule has 0 fully saturated rings. The van der Waals surface area contributed by atoms with Gasteiger partial charge in [0.15, 0.2) is 0 Å². The first kappa shape index (κ1) is 13.4. The van der Waals surface area contributed by atoms with E-state index < -0.39 is 5.97 Å². The van der Waals surface area contributed by atoms with E-state index >= 15 is 0 Å². The van der Waals surface area contributed by atoms with Gasteiger partial charge in [0.1, 0.15) is 12.4 Å². The summed E-state index contributed by atoms with van der Waals surface area (Å²) in [4.78, 5) is 16.7. The van der Waals surface area contributed by atoms with Crippen LogP contribution >= 0.6 is 11.6 Å². The first-order chi connectivity index (χ1) is 9.04. The normalized spacial score (nSPS) is 10.5. The first-order valence-electron chi connectivity index (χ1n) is 5.72. The van der Waals surface area contributed by atoms with E-state index in [1.165, 1.54) is 0 Å². The minimum Gasteiger partial charge on any atom is -0.480 e. The number of rotatable bonds is 4. The van der Waals surface area contributed by atoms with Crippen molar-refractivity contribution in [2.24, 2.45) is 0 Å². The van der Waals surface area contributed by atoms with Gasteiger partial charge < -0.3 is 15.3 Å². The van der Waals surface area contributed by atoms with E-state index in [1.807, 2.05) is 12.1 Å². The van der Waals surface area contributed by atoms with Crippen molar-refractivity contribution in [1.82, 2.24) is 4.98 Å². The van der Waals surface area contributed by atoms with Gasteiger partial charge in [-0.2, -0.15) is 0 Å². The maximum atomic E-state index is 10.8. The summed E-state index contributed by atoms with van der Waals surface area (Å²) in [7, 11) is 3.48. The molecule has 0 radical (unpaired) electrons. The Bertz CT molecular complexity index is 631. The number of fused-ring (bicyclic) bond motifs is 1. The summed E-state index contributed by atoms with van der Waals surface area (Å²) >= 11 is 6.23. The molecule has 5 nitrogen and oxygen atoms in total. The second-order valence-electron chi connectivity index (χ2n) is 4.16. The van der Waals surface area contributed by atoms with E-state index in [9.17, 15) is 4.79 Å². The van der Waals surface area contributed by atoms with Crippen LogP contribution in [0.3, 0.4) is 0 Å². The van der Waals surface area contributed by atoms with Gasteiger partial charge in [0, 0.05) is 24.9 Å². The third kappa shape index (κ3) is 2.56. The molecule has 0 aliphatic carbocycles. The van der Waals surface area contributed by atoms with Crippen LogP contribution in [0.2, 0.25) is 5.02 Å². The van der Waals surface area contributed by atoms with E-state index in [2.05, 4.69) is 10.3 Å². The van der Waals surface area contributed by atoms with Crippen molar-refractivity contribution in [3.8, 4) is 0 Å². The monoisotopic (exact) mass is 279 g/mol. The number of nitrogens with zero attached hydrogens (tertiary/aromatic N) is 2. The predicted octanol–water partition coefficient (Wildman–Crippen LogP) is 2.45. The molecule has 6 heteroatoms. The molecular formula is C13H14ClN3O2. The fourth-order valence-electron chi connectivity index (χ4n) is 2.00. The fraction of sp³-hybridized carbons (Fsp3) is 0.231. The maximum absolute atomic E-state index is 10.8. The van der Waals surface area contributed by atoms with Crippen molar-refractivity contribution in [2.45, 2.75) is 0 Å². The van der Waals surface area contributed by atoms with Gasteiger partial charge in [0.2, 0.25) is 0 Å². The zero-order chi connectivity index (χ0) is 14.0. The van der Waals surface area contributed by atoms with Gasteiger partial charge in [-0.25, -0.2) is 4.98 Å². The second-order valence-corrected chi connectivity index (χ2v) is 4.56. The highest BCUT2D eigenvalue weighted by atomic mass is 35.5. The molecule has 2 rings (SSSR count). The number of anilines is 2. The Kier molecular flexibility index (Phi) is 3.76. The minimum absolute atomic E-state index is 0.133. The molecule has 0 bridgehead atoms. The Morgan fingerprint density at radius 2 is 2.26 bits per heavy atom. The number of aromatic nitrogens is 1. The standard InChI is InChI=1S/C13H14ClN3O2/c1-15-10-6-16-13(17(2)7-11(18)19)12-8(10)4-3-5-9(12)14/h3-6,15H,7H2,1-2H3,(H,18,19). The SMILES string of the molecule is CNc1cnc(N(C)CC(=O)O)c2c(Cl)cccc12. The zero-order valence-corrected chi connectivity index (χ0v) is 11.4. The van der Waals surface area contributed by atoms with Gasteiger partial charge in [-0.15, -0.1) is 0 Å². The highest BCUT2D eigenvalue weighted by Gasteiger charge is 2.15. The molecule has 0 aliphatic rings. The van der Waals surface area contributed by atoms with Crippen molar-refractivity contribution < 1.29 is 9.90 Å². The summed E-state index contributed by atoms with van der Waals surface area (Å²) < 4.78 is 0. The molecule has 1 heterocycles. The van der Waals surface area contributed by atoms with Gasteiger partial charge in [-0.1, -0.05) is 23.7 Å². The summed E-state index contributed by atoms with van der Waals surface area (Å²) in [5.41, 5.74) is 0.852. The van der Waals surface area contributed by atoms with Crippen molar-refractivity contribution in [3.63, 3.8) is 0 Å². The number of likely N-dealkylation sites (N-methyl/N-ethyl adjacent to an activating group) is 1. The summed E-state index contributed by atoms with van der Waals surface area (Å²) in [5, 5.41) is 14.1. The lowest BCUT2D eigenvalue weighted by atomic mass is 10.1. The number of nitrogens with one attached hydrogen (secondary N) is 1. The number of halogens is 1. The van der Waals surface area contributed by atoms with E-state index in [-0.39, 0.29) is 6.54 Å². The predicted molar refractivity (Wildman–Crippen MR) is 77.2 cm³/mol. The molecule has 0 saturated heterocycles. The van der Waals surface area contributed by atoms with Crippen LogP contribution in [0.25, 0.3) is 10.8 Å². The van der Waals surface area contributed by atoms with Crippen molar-refractivity contribution in [3.05, 3.63) is 29.4 Å². The van der Waals surface area contributed by atoms with Gasteiger partial charge >= 0.3 is 5.97 Å². The summed E-state index contributed by atoms with van der Waals surface area (Å²) in [6, 6.07) is 5.54. The summed E-state index contributed by atoms with van der Waals surface area (Å²) in [5.74, 6) is -0.357. The molecule has 0 atom stereocenters. The molecule has 0 unspecified atom stereocenters.